The van der Waals surface area contributed by atoms with Crippen LogP contribution in [0.5, 0.6) is 0 Å². The van der Waals surface area contributed by atoms with E-state index in [2.05, 4.69) is 88.4 Å². The summed E-state index contributed by atoms with van der Waals surface area (Å²) < 4.78 is 12.4. The van der Waals surface area contributed by atoms with Gasteiger partial charge in [-0.3, -0.25) is 4.79 Å². The Hall–Kier alpha value is -2.69. The number of benzene rings is 3. The molecule has 0 spiro atoms. The molecule has 0 heterocycles. The van der Waals surface area contributed by atoms with Crippen molar-refractivity contribution in [3.63, 3.8) is 0 Å². The van der Waals surface area contributed by atoms with Crippen LogP contribution in [0.15, 0.2) is 91.0 Å². The highest BCUT2D eigenvalue weighted by molar-refractivity contribution is 6.99. The SMILES string of the molecule is CC(CCO[Si](c1ccccc1)(c1ccccc1)C(C)(C)C)CC(=O)OCc1ccccc1. The lowest BCUT2D eigenvalue weighted by Crippen LogP contribution is -2.66. The van der Waals surface area contributed by atoms with Gasteiger partial charge in [-0.2, -0.15) is 0 Å². The van der Waals surface area contributed by atoms with Gasteiger partial charge in [0.25, 0.3) is 8.32 Å². The quantitative estimate of drug-likeness (QED) is 0.287. The van der Waals surface area contributed by atoms with E-state index in [0.717, 1.165) is 12.0 Å². The van der Waals surface area contributed by atoms with Crippen molar-refractivity contribution < 1.29 is 14.0 Å². The molecule has 0 aromatic heterocycles. The monoisotopic (exact) mass is 460 g/mol. The van der Waals surface area contributed by atoms with Crippen LogP contribution < -0.4 is 10.4 Å². The molecule has 0 aliphatic heterocycles. The molecule has 0 fully saturated rings. The van der Waals surface area contributed by atoms with Crippen LogP contribution in [-0.4, -0.2) is 20.9 Å². The highest BCUT2D eigenvalue weighted by Crippen LogP contribution is 2.37. The zero-order chi connectivity index (χ0) is 23.7. The minimum atomic E-state index is -2.53. The van der Waals surface area contributed by atoms with Gasteiger partial charge in [-0.15, -0.1) is 0 Å². The molecular weight excluding hydrogens is 424 g/mol. The zero-order valence-electron chi connectivity index (χ0n) is 20.3. The number of esters is 1. The van der Waals surface area contributed by atoms with Gasteiger partial charge >= 0.3 is 5.97 Å². The van der Waals surface area contributed by atoms with Crippen molar-refractivity contribution in [2.75, 3.05) is 6.61 Å². The third-order valence-corrected chi connectivity index (χ3v) is 11.1. The molecule has 174 valence electrons. The molecular formula is C29H36O3Si. The number of carbonyl (C=O) groups is 1. The standard InChI is InChI=1S/C29H36O3Si/c1-24(22-28(30)31-23-25-14-8-5-9-15-25)20-21-32-33(29(2,3)4,26-16-10-6-11-17-26)27-18-12-7-13-19-27/h5-19,24H,20-23H2,1-4H3. The van der Waals surface area contributed by atoms with E-state index in [1.165, 1.54) is 10.4 Å². The smallest absolute Gasteiger partial charge is 0.306 e. The third-order valence-electron chi connectivity index (χ3n) is 6.10. The predicted octanol–water partition coefficient (Wildman–Crippen LogP) is 5.72. The first-order valence-corrected chi connectivity index (χ1v) is 13.7. The number of hydrogen-bond acceptors (Lipinski definition) is 3. The highest BCUT2D eigenvalue weighted by Gasteiger charge is 2.50. The first-order valence-electron chi connectivity index (χ1n) is 11.8. The summed E-state index contributed by atoms with van der Waals surface area (Å²) in [5, 5.41) is 2.50. The van der Waals surface area contributed by atoms with Crippen LogP contribution in [0.2, 0.25) is 5.04 Å². The maximum Gasteiger partial charge on any atom is 0.306 e. The van der Waals surface area contributed by atoms with Crippen molar-refractivity contribution in [2.45, 2.75) is 52.2 Å². The molecule has 3 aromatic carbocycles. The number of hydrogen-bond donors (Lipinski definition) is 0. The second-order valence-electron chi connectivity index (χ2n) is 9.76. The second-order valence-corrected chi connectivity index (χ2v) is 14.1. The fourth-order valence-corrected chi connectivity index (χ4v) is 8.94. The summed E-state index contributed by atoms with van der Waals surface area (Å²) in [7, 11) is -2.53. The van der Waals surface area contributed by atoms with Crippen molar-refractivity contribution >= 4 is 24.7 Å². The predicted molar refractivity (Wildman–Crippen MR) is 138 cm³/mol. The van der Waals surface area contributed by atoms with E-state index in [9.17, 15) is 4.79 Å². The molecule has 0 saturated heterocycles. The van der Waals surface area contributed by atoms with E-state index < -0.39 is 8.32 Å². The summed E-state index contributed by atoms with van der Waals surface area (Å²) in [5.41, 5.74) is 1.01. The minimum Gasteiger partial charge on any atom is -0.461 e. The Morgan fingerprint density at radius 2 is 1.30 bits per heavy atom. The van der Waals surface area contributed by atoms with Crippen LogP contribution in [0.25, 0.3) is 0 Å². The van der Waals surface area contributed by atoms with Crippen molar-refractivity contribution in [3.8, 4) is 0 Å². The number of rotatable bonds is 10. The van der Waals surface area contributed by atoms with Crippen LogP contribution in [0.4, 0.5) is 0 Å². The molecule has 0 bridgehead atoms. The van der Waals surface area contributed by atoms with Crippen LogP contribution in [-0.2, 0) is 20.6 Å². The molecule has 1 unspecified atom stereocenters. The number of ether oxygens (including phenoxy) is 1. The first kappa shape index (κ1) is 24.9. The van der Waals surface area contributed by atoms with Gasteiger partial charge in [0, 0.05) is 13.0 Å². The Morgan fingerprint density at radius 1 is 0.818 bits per heavy atom. The fraction of sp³-hybridized carbons (Fsp3) is 0.345. The topological polar surface area (TPSA) is 35.5 Å². The minimum absolute atomic E-state index is 0.0481. The van der Waals surface area contributed by atoms with Crippen LogP contribution >= 0.6 is 0 Å². The summed E-state index contributed by atoms with van der Waals surface area (Å²) in [6.45, 7) is 9.88. The van der Waals surface area contributed by atoms with E-state index in [-0.39, 0.29) is 16.9 Å². The molecule has 33 heavy (non-hydrogen) atoms. The average molecular weight is 461 g/mol. The Morgan fingerprint density at radius 3 is 1.79 bits per heavy atom. The van der Waals surface area contributed by atoms with Gasteiger partial charge in [-0.25, -0.2) is 0 Å². The number of carbonyl (C=O) groups excluding carboxylic acids is 1. The lowest BCUT2D eigenvalue weighted by Gasteiger charge is -2.43. The largest absolute Gasteiger partial charge is 0.461 e. The average Bonchev–Trinajstić information content (AvgIpc) is 2.81. The van der Waals surface area contributed by atoms with Crippen LogP contribution in [0.1, 0.15) is 46.1 Å². The van der Waals surface area contributed by atoms with Crippen LogP contribution in [0.3, 0.4) is 0 Å². The van der Waals surface area contributed by atoms with E-state index in [1.807, 2.05) is 30.3 Å². The van der Waals surface area contributed by atoms with E-state index in [0.29, 0.717) is 19.6 Å². The van der Waals surface area contributed by atoms with Crippen molar-refractivity contribution in [2.24, 2.45) is 5.92 Å². The lowest BCUT2D eigenvalue weighted by atomic mass is 10.1. The Kier molecular flexibility index (Phi) is 8.65. The molecule has 0 aliphatic rings. The third kappa shape index (κ3) is 6.43. The zero-order valence-corrected chi connectivity index (χ0v) is 21.3. The van der Waals surface area contributed by atoms with E-state index in [4.69, 9.17) is 9.16 Å². The summed E-state index contributed by atoms with van der Waals surface area (Å²) in [6, 6.07) is 31.1. The fourth-order valence-electron chi connectivity index (χ4n) is 4.36. The van der Waals surface area contributed by atoms with E-state index >= 15 is 0 Å². The molecule has 0 amide bonds. The Balaban J connectivity index is 1.67. The molecule has 1 atom stereocenters. The van der Waals surface area contributed by atoms with Gasteiger partial charge in [0.05, 0.1) is 0 Å². The van der Waals surface area contributed by atoms with Gasteiger partial charge in [0.1, 0.15) is 6.61 Å². The van der Waals surface area contributed by atoms with Crippen LogP contribution in [0, 0.1) is 5.92 Å². The maximum atomic E-state index is 12.3. The summed E-state index contributed by atoms with van der Waals surface area (Å²) in [6.07, 6.45) is 1.21. The molecule has 0 N–H and O–H groups in total. The highest BCUT2D eigenvalue weighted by atomic mass is 28.4. The lowest BCUT2D eigenvalue weighted by molar-refractivity contribution is -0.146. The maximum absolute atomic E-state index is 12.3. The summed E-state index contributed by atoms with van der Waals surface area (Å²) >= 11 is 0. The first-order chi connectivity index (χ1) is 15.8. The molecule has 0 aliphatic carbocycles. The van der Waals surface area contributed by atoms with Crippen molar-refractivity contribution in [1.82, 2.24) is 0 Å². The Bertz CT molecular complexity index is 942. The second kappa shape index (κ2) is 11.4. The van der Waals surface area contributed by atoms with Gasteiger partial charge in [-0.05, 0) is 33.3 Å². The normalized spacial score (nSPS) is 12.8. The molecule has 0 radical (unpaired) electrons. The van der Waals surface area contributed by atoms with Gasteiger partial charge in [0.2, 0.25) is 0 Å². The summed E-state index contributed by atoms with van der Waals surface area (Å²) in [5.74, 6) is 0.0308. The Labute approximate surface area is 199 Å². The molecule has 3 rings (SSSR count). The van der Waals surface area contributed by atoms with Crippen molar-refractivity contribution in [1.29, 1.82) is 0 Å². The van der Waals surface area contributed by atoms with Gasteiger partial charge in [0.15, 0.2) is 0 Å². The summed E-state index contributed by atoms with van der Waals surface area (Å²) in [4.78, 5) is 12.3. The molecule has 0 saturated carbocycles. The molecule has 3 aromatic rings. The van der Waals surface area contributed by atoms with Gasteiger partial charge < -0.3 is 9.16 Å². The molecule has 4 heteroatoms. The van der Waals surface area contributed by atoms with Crippen molar-refractivity contribution in [3.05, 3.63) is 96.6 Å². The molecule has 3 nitrogen and oxygen atoms in total. The van der Waals surface area contributed by atoms with E-state index in [1.54, 1.807) is 0 Å². The van der Waals surface area contributed by atoms with Gasteiger partial charge in [-0.1, -0.05) is 119 Å².